The Labute approximate surface area is 318 Å². The van der Waals surface area contributed by atoms with Gasteiger partial charge in [0.05, 0.1) is 48.6 Å². The van der Waals surface area contributed by atoms with Gasteiger partial charge in [-0.1, -0.05) is 71.4 Å². The number of Topliss-reactive ketones (excluding diaryl/α,β-unsaturated/α-hetero) is 2. The number of aliphatic carboxylic acids is 1. The summed E-state index contributed by atoms with van der Waals surface area (Å²) in [6, 6.07) is 7.45. The molecule has 1 saturated heterocycles. The number of carbonyl (C=O) groups is 5. The Kier molecular flexibility index (Phi) is 18.8. The van der Waals surface area contributed by atoms with E-state index in [0.29, 0.717) is 19.4 Å². The number of nitrogens with zero attached hydrogens (tertiary/aromatic N) is 3. The van der Waals surface area contributed by atoms with Crippen LogP contribution in [0.4, 0.5) is 0 Å². The summed E-state index contributed by atoms with van der Waals surface area (Å²) in [5.74, 6) is -3.98. The molecule has 1 heterocycles. The van der Waals surface area contributed by atoms with Crippen LogP contribution in [0.5, 0.6) is 0 Å². The van der Waals surface area contributed by atoms with Crippen molar-refractivity contribution in [3.05, 3.63) is 35.9 Å². The lowest BCUT2D eigenvalue weighted by Crippen LogP contribution is -2.55. The number of amides is 2. The molecule has 0 spiro atoms. The fourth-order valence-corrected chi connectivity index (χ4v) is 8.27. The average Bonchev–Trinajstić information content (AvgIpc) is 3.59. The fraction of sp³-hybridized carbons (Fsp3) is 0.732. The van der Waals surface area contributed by atoms with Gasteiger partial charge in [-0.05, 0) is 57.7 Å². The van der Waals surface area contributed by atoms with Gasteiger partial charge in [-0.25, -0.2) is 0 Å². The van der Waals surface area contributed by atoms with Crippen molar-refractivity contribution in [3.63, 3.8) is 0 Å². The highest BCUT2D eigenvalue weighted by Crippen LogP contribution is 2.31. The lowest BCUT2D eigenvalue weighted by molar-refractivity contribution is -0.149. The maximum atomic E-state index is 14.2. The van der Waals surface area contributed by atoms with Crippen LogP contribution in [0.25, 0.3) is 0 Å². The number of hydrogen-bond donors (Lipinski definition) is 2. The number of methoxy groups -OCH3 is 2. The second-order valence-corrected chi connectivity index (χ2v) is 15.8. The SMILES string of the molecule is CC[C@H](C)[C@@H]([C@@H](CC(=O)N1CCC[C@H]1[C@H](OC)[C@@H](C)C(=O)C[C@@H](Cc1ccccc1)C(=O)O)OC)N(C)C(=O)[C@H](CC(=O)[C@H](C(C)C)N(C)C)[C@H](C)N. The molecular weight excluding hydrogens is 676 g/mol. The van der Waals surface area contributed by atoms with Crippen LogP contribution in [0.3, 0.4) is 0 Å². The van der Waals surface area contributed by atoms with E-state index in [1.165, 1.54) is 14.2 Å². The number of ether oxygens (including phenoxy) is 2. The molecule has 12 nitrogen and oxygen atoms in total. The lowest BCUT2D eigenvalue weighted by atomic mass is 9.85. The molecule has 1 aliphatic rings. The largest absolute Gasteiger partial charge is 0.481 e. The summed E-state index contributed by atoms with van der Waals surface area (Å²) >= 11 is 0. The van der Waals surface area contributed by atoms with Crippen molar-refractivity contribution in [2.75, 3.05) is 41.9 Å². The number of carbonyl (C=O) groups excluding carboxylic acids is 4. The van der Waals surface area contributed by atoms with Gasteiger partial charge in [-0.3, -0.25) is 28.9 Å². The molecule has 0 bridgehead atoms. The number of likely N-dealkylation sites (tertiary alicyclic amines) is 1. The molecule has 0 radical (unpaired) electrons. The van der Waals surface area contributed by atoms with Crippen LogP contribution in [0.2, 0.25) is 0 Å². The van der Waals surface area contributed by atoms with Gasteiger partial charge in [-0.2, -0.15) is 0 Å². The van der Waals surface area contributed by atoms with E-state index in [0.717, 1.165) is 12.0 Å². The molecule has 0 unspecified atom stereocenters. The van der Waals surface area contributed by atoms with E-state index >= 15 is 0 Å². The Balaban J connectivity index is 2.27. The minimum absolute atomic E-state index is 0.00557. The molecule has 0 aliphatic carbocycles. The van der Waals surface area contributed by atoms with Crippen molar-refractivity contribution >= 4 is 29.4 Å². The third-order valence-electron chi connectivity index (χ3n) is 11.4. The molecule has 3 N–H and O–H groups in total. The standard InChI is InChI=1S/C41H68N4O8/c1-12-26(4)38(44(9)40(49)31(28(6)42)23-34(47)37(25(2)3)43(7)8)35(52-10)24-36(48)45-20-16-19-32(45)39(53-11)27(5)33(46)22-30(41(50)51)21-29-17-14-13-15-18-29/h13-15,17-18,25-28,30-32,35,37-39H,12,16,19-24,42H2,1-11H3,(H,50,51)/t26-,27-,28-,30+,31+,32-,35+,37-,38-,39+/m0/s1. The van der Waals surface area contributed by atoms with E-state index < -0.39 is 48.0 Å². The molecule has 10 atom stereocenters. The van der Waals surface area contributed by atoms with Crippen LogP contribution in [0, 0.1) is 29.6 Å². The molecule has 2 rings (SSSR count). The highest BCUT2D eigenvalue weighted by molar-refractivity contribution is 5.90. The molecule has 1 aliphatic heterocycles. The monoisotopic (exact) mass is 745 g/mol. The summed E-state index contributed by atoms with van der Waals surface area (Å²) in [6.07, 6.45) is 0.889. The Morgan fingerprint density at radius 2 is 1.55 bits per heavy atom. The first-order valence-electron chi connectivity index (χ1n) is 19.3. The highest BCUT2D eigenvalue weighted by Gasteiger charge is 2.43. The number of likely N-dealkylation sites (N-methyl/N-ethyl adjacent to an activating group) is 2. The van der Waals surface area contributed by atoms with Gasteiger partial charge < -0.3 is 30.1 Å². The van der Waals surface area contributed by atoms with Crippen molar-refractivity contribution < 1.29 is 38.6 Å². The van der Waals surface area contributed by atoms with E-state index in [-0.39, 0.29) is 73.0 Å². The molecule has 300 valence electrons. The highest BCUT2D eigenvalue weighted by atomic mass is 16.5. The second-order valence-electron chi connectivity index (χ2n) is 15.8. The minimum Gasteiger partial charge on any atom is -0.481 e. The van der Waals surface area contributed by atoms with E-state index in [4.69, 9.17) is 15.2 Å². The summed E-state index contributed by atoms with van der Waals surface area (Å²) in [5, 5.41) is 9.93. The number of nitrogens with two attached hydrogens (primary N) is 1. The quantitative estimate of drug-likeness (QED) is 0.165. The van der Waals surface area contributed by atoms with Gasteiger partial charge in [0.1, 0.15) is 5.78 Å². The van der Waals surface area contributed by atoms with Crippen LogP contribution in [0.15, 0.2) is 30.3 Å². The lowest BCUT2D eigenvalue weighted by Gasteiger charge is -2.41. The molecule has 1 aromatic carbocycles. The van der Waals surface area contributed by atoms with Gasteiger partial charge in [0.15, 0.2) is 5.78 Å². The van der Waals surface area contributed by atoms with E-state index in [1.54, 1.807) is 30.7 Å². The zero-order valence-electron chi connectivity index (χ0n) is 34.1. The fourth-order valence-electron chi connectivity index (χ4n) is 8.27. The summed E-state index contributed by atoms with van der Waals surface area (Å²) in [7, 11) is 8.48. The second kappa shape index (κ2) is 21.6. The van der Waals surface area contributed by atoms with Crippen molar-refractivity contribution in [1.82, 2.24) is 14.7 Å². The third kappa shape index (κ3) is 12.4. The number of benzene rings is 1. The van der Waals surface area contributed by atoms with Gasteiger partial charge in [0.2, 0.25) is 11.8 Å². The first-order chi connectivity index (χ1) is 24.9. The van der Waals surface area contributed by atoms with Crippen molar-refractivity contribution in [3.8, 4) is 0 Å². The molecule has 1 aromatic rings. The van der Waals surface area contributed by atoms with Gasteiger partial charge in [0, 0.05) is 52.6 Å². The Morgan fingerprint density at radius 1 is 0.925 bits per heavy atom. The molecule has 0 saturated carbocycles. The summed E-state index contributed by atoms with van der Waals surface area (Å²) in [4.78, 5) is 72.8. The maximum Gasteiger partial charge on any atom is 0.307 e. The van der Waals surface area contributed by atoms with Gasteiger partial charge in [-0.15, -0.1) is 0 Å². The van der Waals surface area contributed by atoms with E-state index in [2.05, 4.69) is 0 Å². The first-order valence-corrected chi connectivity index (χ1v) is 19.3. The van der Waals surface area contributed by atoms with E-state index in [9.17, 15) is 29.1 Å². The van der Waals surface area contributed by atoms with Crippen LogP contribution >= 0.6 is 0 Å². The van der Waals surface area contributed by atoms with E-state index in [1.807, 2.05) is 77.0 Å². The topological polar surface area (TPSA) is 160 Å². The minimum atomic E-state index is -1.03. The van der Waals surface area contributed by atoms with Gasteiger partial charge in [0.25, 0.3) is 0 Å². The molecule has 1 fully saturated rings. The Hall–Kier alpha value is -3.19. The van der Waals surface area contributed by atoms with Crippen molar-refractivity contribution in [1.29, 1.82) is 0 Å². The van der Waals surface area contributed by atoms with Crippen LogP contribution in [-0.2, 0) is 39.9 Å². The number of carboxylic acid groups (broad SMARTS) is 1. The van der Waals surface area contributed by atoms with Crippen LogP contribution in [0.1, 0.15) is 85.6 Å². The van der Waals surface area contributed by atoms with Crippen molar-refractivity contribution in [2.24, 2.45) is 35.3 Å². The number of carboxylic acids is 1. The molecule has 53 heavy (non-hydrogen) atoms. The van der Waals surface area contributed by atoms with Crippen LogP contribution in [-0.4, -0.2) is 127 Å². The molecular formula is C41H68N4O8. The number of hydrogen-bond acceptors (Lipinski definition) is 9. The summed E-state index contributed by atoms with van der Waals surface area (Å²) < 4.78 is 11.9. The molecule has 12 heteroatoms. The summed E-state index contributed by atoms with van der Waals surface area (Å²) in [5.41, 5.74) is 7.21. The molecule has 2 amide bonds. The van der Waals surface area contributed by atoms with Crippen LogP contribution < -0.4 is 5.73 Å². The number of rotatable bonds is 23. The number of ketones is 2. The molecule has 0 aromatic heterocycles. The zero-order valence-corrected chi connectivity index (χ0v) is 34.1. The predicted molar refractivity (Wildman–Crippen MR) is 206 cm³/mol. The Bertz CT molecular complexity index is 1330. The normalized spacial score (nSPS) is 19.9. The Morgan fingerprint density at radius 3 is 2.04 bits per heavy atom. The smallest absolute Gasteiger partial charge is 0.307 e. The first kappa shape index (κ1) is 46.0. The third-order valence-corrected chi connectivity index (χ3v) is 11.4. The maximum absolute atomic E-state index is 14.2. The van der Waals surface area contributed by atoms with Crippen molar-refractivity contribution in [2.45, 2.75) is 123 Å². The zero-order chi connectivity index (χ0) is 40.2. The predicted octanol–water partition coefficient (Wildman–Crippen LogP) is 4.32. The summed E-state index contributed by atoms with van der Waals surface area (Å²) in [6.45, 7) is 12.0. The average molecular weight is 745 g/mol. The van der Waals surface area contributed by atoms with Gasteiger partial charge >= 0.3 is 5.97 Å².